The van der Waals surface area contributed by atoms with Crippen molar-refractivity contribution in [3.05, 3.63) is 23.2 Å². The third-order valence-corrected chi connectivity index (χ3v) is 3.78. The van der Waals surface area contributed by atoms with Crippen molar-refractivity contribution in [1.29, 1.82) is 0 Å². The lowest BCUT2D eigenvalue weighted by molar-refractivity contribution is -0.118. The predicted octanol–water partition coefficient (Wildman–Crippen LogP) is 2.88. The van der Waals surface area contributed by atoms with Crippen LogP contribution in [0.2, 0.25) is 5.02 Å². The number of benzene rings is 1. The number of hydrogen-bond acceptors (Lipinski definition) is 3. The number of hydrogen-bond donors (Lipinski definition) is 1. The molecular weight excluding hydrogens is 299 g/mol. The highest BCUT2D eigenvalue weighted by molar-refractivity contribution is 6.32. The zero-order chi connectivity index (χ0) is 13.8. The summed E-state index contributed by atoms with van der Waals surface area (Å²) in [5.41, 5.74) is 0.786. The predicted molar refractivity (Wildman–Crippen MR) is 84.3 cm³/mol. The molecule has 112 valence electrons. The van der Waals surface area contributed by atoms with Gasteiger partial charge in [-0.1, -0.05) is 11.6 Å². The topological polar surface area (TPSA) is 41.6 Å². The molecule has 6 heteroatoms. The van der Waals surface area contributed by atoms with Crippen LogP contribution >= 0.6 is 24.0 Å². The molecule has 2 rings (SSSR count). The lowest BCUT2D eigenvalue weighted by Crippen LogP contribution is -2.33. The highest BCUT2D eigenvalue weighted by Gasteiger charge is 2.20. The Hall–Kier alpha value is -0.970. The maximum atomic E-state index is 12.2. The fourth-order valence-corrected chi connectivity index (χ4v) is 2.54. The van der Waals surface area contributed by atoms with Crippen LogP contribution in [0.4, 0.5) is 5.69 Å². The Kier molecular flexibility index (Phi) is 6.59. The Labute approximate surface area is 130 Å². The zero-order valence-electron chi connectivity index (χ0n) is 11.7. The van der Waals surface area contributed by atoms with E-state index >= 15 is 0 Å². The highest BCUT2D eigenvalue weighted by atomic mass is 35.5. The van der Waals surface area contributed by atoms with E-state index in [9.17, 15) is 4.79 Å². The first-order valence-electron chi connectivity index (χ1n) is 6.45. The van der Waals surface area contributed by atoms with Gasteiger partial charge in [-0.15, -0.1) is 12.4 Å². The van der Waals surface area contributed by atoms with Gasteiger partial charge in [0.1, 0.15) is 5.75 Å². The van der Waals surface area contributed by atoms with Crippen molar-refractivity contribution >= 4 is 35.6 Å². The van der Waals surface area contributed by atoms with Gasteiger partial charge in [0, 0.05) is 25.2 Å². The number of anilines is 1. The summed E-state index contributed by atoms with van der Waals surface area (Å²) >= 11 is 6.07. The molecule has 1 N–H and O–H groups in total. The number of carbonyl (C=O) groups excluding carboxylic acids is 1. The number of rotatable bonds is 4. The second-order valence-corrected chi connectivity index (χ2v) is 5.18. The Morgan fingerprint density at radius 3 is 2.85 bits per heavy atom. The fraction of sp³-hybridized carbons (Fsp3) is 0.500. The van der Waals surface area contributed by atoms with Gasteiger partial charge in [-0.05, 0) is 37.6 Å². The third-order valence-electron chi connectivity index (χ3n) is 3.48. The number of nitrogens with zero attached hydrogens (tertiary/aromatic N) is 1. The van der Waals surface area contributed by atoms with E-state index < -0.39 is 0 Å². The van der Waals surface area contributed by atoms with Crippen LogP contribution in [-0.2, 0) is 4.79 Å². The summed E-state index contributed by atoms with van der Waals surface area (Å²) in [5, 5.41) is 3.84. The minimum Gasteiger partial charge on any atom is -0.495 e. The molecule has 0 saturated carbocycles. The van der Waals surface area contributed by atoms with Crippen molar-refractivity contribution in [2.75, 3.05) is 25.6 Å². The average Bonchev–Trinajstić information content (AvgIpc) is 2.90. The van der Waals surface area contributed by atoms with Crippen LogP contribution in [0, 0.1) is 0 Å². The van der Waals surface area contributed by atoms with E-state index in [1.807, 2.05) is 6.07 Å². The van der Waals surface area contributed by atoms with Gasteiger partial charge >= 0.3 is 0 Å². The molecule has 0 bridgehead atoms. The molecule has 0 radical (unpaired) electrons. The first-order valence-corrected chi connectivity index (χ1v) is 6.83. The van der Waals surface area contributed by atoms with Crippen molar-refractivity contribution in [2.45, 2.75) is 25.3 Å². The second-order valence-electron chi connectivity index (χ2n) is 4.77. The molecule has 20 heavy (non-hydrogen) atoms. The molecule has 1 saturated heterocycles. The number of ether oxygens (including phenoxy) is 1. The molecule has 0 aliphatic carbocycles. The quantitative estimate of drug-likeness (QED) is 0.928. The van der Waals surface area contributed by atoms with E-state index in [1.54, 1.807) is 31.2 Å². The molecule has 1 aromatic carbocycles. The van der Waals surface area contributed by atoms with Crippen LogP contribution in [0.25, 0.3) is 0 Å². The van der Waals surface area contributed by atoms with Gasteiger partial charge in [0.25, 0.3) is 0 Å². The van der Waals surface area contributed by atoms with E-state index in [2.05, 4.69) is 5.32 Å². The monoisotopic (exact) mass is 318 g/mol. The number of halogens is 2. The summed E-state index contributed by atoms with van der Waals surface area (Å²) in [4.78, 5) is 13.8. The van der Waals surface area contributed by atoms with Crippen molar-refractivity contribution in [3.8, 4) is 5.75 Å². The molecule has 1 amide bonds. The molecule has 1 aliphatic heterocycles. The Morgan fingerprint density at radius 2 is 2.30 bits per heavy atom. The maximum absolute atomic E-state index is 12.2. The molecule has 1 fully saturated rings. The lowest BCUT2D eigenvalue weighted by Gasteiger charge is -2.20. The van der Waals surface area contributed by atoms with Crippen LogP contribution in [0.15, 0.2) is 18.2 Å². The van der Waals surface area contributed by atoms with Crippen LogP contribution in [0.5, 0.6) is 5.75 Å². The van der Waals surface area contributed by atoms with Gasteiger partial charge in [0.15, 0.2) is 0 Å². The van der Waals surface area contributed by atoms with E-state index in [4.69, 9.17) is 16.3 Å². The van der Waals surface area contributed by atoms with Crippen molar-refractivity contribution in [2.24, 2.45) is 0 Å². The number of nitrogens with one attached hydrogen (secondary N) is 1. The molecular formula is C14H20Cl2N2O2. The molecule has 1 atom stereocenters. The molecule has 4 nitrogen and oxygen atoms in total. The highest BCUT2D eigenvalue weighted by Crippen LogP contribution is 2.29. The molecule has 1 aliphatic rings. The van der Waals surface area contributed by atoms with Gasteiger partial charge < -0.3 is 15.0 Å². The maximum Gasteiger partial charge on any atom is 0.228 e. The average molecular weight is 319 g/mol. The van der Waals surface area contributed by atoms with Gasteiger partial charge in [0.2, 0.25) is 5.91 Å². The van der Waals surface area contributed by atoms with Crippen LogP contribution < -0.4 is 15.0 Å². The molecule has 1 heterocycles. The minimum absolute atomic E-state index is 0. The van der Waals surface area contributed by atoms with E-state index in [0.717, 1.165) is 25.1 Å². The lowest BCUT2D eigenvalue weighted by atomic mass is 10.1. The SMILES string of the molecule is COc1ccc(N(C)C(=O)CC2CCCN2)cc1Cl.Cl. The van der Waals surface area contributed by atoms with Gasteiger partial charge in [-0.3, -0.25) is 4.79 Å². The molecule has 0 spiro atoms. The number of carbonyl (C=O) groups is 1. The summed E-state index contributed by atoms with van der Waals surface area (Å²) < 4.78 is 5.10. The standard InChI is InChI=1S/C14H19ClN2O2.ClH/c1-17(14(18)8-10-4-3-7-16-10)11-5-6-13(19-2)12(15)9-11;/h5-6,9-10,16H,3-4,7-8H2,1-2H3;1H. The van der Waals surface area contributed by atoms with Gasteiger partial charge in [-0.2, -0.15) is 0 Å². The van der Waals surface area contributed by atoms with E-state index in [-0.39, 0.29) is 18.3 Å². The summed E-state index contributed by atoms with van der Waals surface area (Å²) in [6.45, 7) is 1.01. The summed E-state index contributed by atoms with van der Waals surface area (Å²) in [6.07, 6.45) is 2.75. The van der Waals surface area contributed by atoms with Gasteiger partial charge in [0.05, 0.1) is 12.1 Å². The smallest absolute Gasteiger partial charge is 0.228 e. The van der Waals surface area contributed by atoms with Crippen LogP contribution in [0.3, 0.4) is 0 Å². The molecule has 0 aromatic heterocycles. The Balaban J connectivity index is 0.00000200. The Bertz CT molecular complexity index is 462. The van der Waals surface area contributed by atoms with Crippen molar-refractivity contribution in [3.63, 3.8) is 0 Å². The Morgan fingerprint density at radius 1 is 1.55 bits per heavy atom. The third kappa shape index (κ3) is 4.01. The van der Waals surface area contributed by atoms with E-state index in [0.29, 0.717) is 23.2 Å². The van der Waals surface area contributed by atoms with Crippen LogP contribution in [-0.4, -0.2) is 32.7 Å². The van der Waals surface area contributed by atoms with Crippen LogP contribution in [0.1, 0.15) is 19.3 Å². The zero-order valence-corrected chi connectivity index (χ0v) is 13.3. The number of methoxy groups -OCH3 is 1. The largest absolute Gasteiger partial charge is 0.495 e. The summed E-state index contributed by atoms with van der Waals surface area (Å²) in [7, 11) is 3.34. The minimum atomic E-state index is 0. The van der Waals surface area contributed by atoms with E-state index in [1.165, 1.54) is 0 Å². The number of amides is 1. The first-order chi connectivity index (χ1) is 9.11. The van der Waals surface area contributed by atoms with Crippen molar-refractivity contribution in [1.82, 2.24) is 5.32 Å². The fourth-order valence-electron chi connectivity index (χ4n) is 2.29. The molecule has 1 aromatic rings. The summed E-state index contributed by atoms with van der Waals surface area (Å²) in [5.74, 6) is 0.712. The first kappa shape index (κ1) is 17.1. The second kappa shape index (κ2) is 7.72. The molecule has 1 unspecified atom stereocenters. The van der Waals surface area contributed by atoms with Gasteiger partial charge in [-0.25, -0.2) is 0 Å². The normalized spacial score (nSPS) is 17.4. The van der Waals surface area contributed by atoms with Crippen molar-refractivity contribution < 1.29 is 9.53 Å². The summed E-state index contributed by atoms with van der Waals surface area (Å²) in [6, 6.07) is 5.67.